The zero-order valence-electron chi connectivity index (χ0n) is 9.54. The summed E-state index contributed by atoms with van der Waals surface area (Å²) in [5, 5.41) is 9.45. The van der Waals surface area contributed by atoms with E-state index in [1.807, 2.05) is 0 Å². The lowest BCUT2D eigenvalue weighted by Gasteiger charge is -2.07. The number of carbonyl (C=O) groups excluding carboxylic acids is 1. The van der Waals surface area contributed by atoms with Gasteiger partial charge >= 0.3 is 0 Å². The van der Waals surface area contributed by atoms with Crippen LogP contribution in [0.5, 0.6) is 11.5 Å². The van der Waals surface area contributed by atoms with Gasteiger partial charge in [-0.1, -0.05) is 0 Å². The molecule has 5 heteroatoms. The topological polar surface area (TPSA) is 64.4 Å². The second kappa shape index (κ2) is 4.29. The predicted octanol–water partition coefficient (Wildman–Crippen LogP) is 1.59. The zero-order valence-corrected chi connectivity index (χ0v) is 9.54. The van der Waals surface area contributed by atoms with Gasteiger partial charge in [0, 0.05) is 18.0 Å². The Kier molecular flexibility index (Phi) is 2.82. The molecule has 5 nitrogen and oxygen atoms in total. The molecule has 0 amide bonds. The van der Waals surface area contributed by atoms with Gasteiger partial charge in [-0.2, -0.15) is 0 Å². The van der Waals surface area contributed by atoms with E-state index < -0.39 is 0 Å². The van der Waals surface area contributed by atoms with Crippen LogP contribution in [0.25, 0.3) is 0 Å². The summed E-state index contributed by atoms with van der Waals surface area (Å²) in [5.41, 5.74) is 0.431. The van der Waals surface area contributed by atoms with Gasteiger partial charge in [0.1, 0.15) is 5.82 Å². The SMILES string of the molecule is COc1cc(C(=O)n2ccnc2C)ccc1O. The number of hydrogen-bond acceptors (Lipinski definition) is 4. The van der Waals surface area contributed by atoms with Gasteiger partial charge in [-0.05, 0) is 25.1 Å². The first-order chi connectivity index (χ1) is 8.13. The van der Waals surface area contributed by atoms with Crippen molar-refractivity contribution in [1.82, 2.24) is 9.55 Å². The molecular formula is C12H12N2O3. The second-order valence-corrected chi connectivity index (χ2v) is 3.54. The van der Waals surface area contributed by atoms with Gasteiger partial charge in [-0.25, -0.2) is 4.98 Å². The fourth-order valence-corrected chi connectivity index (χ4v) is 1.54. The Hall–Kier alpha value is -2.30. The van der Waals surface area contributed by atoms with Gasteiger partial charge in [0.15, 0.2) is 11.5 Å². The number of ether oxygens (including phenoxy) is 1. The van der Waals surface area contributed by atoms with Crippen LogP contribution in [-0.4, -0.2) is 27.7 Å². The maximum Gasteiger partial charge on any atom is 0.263 e. The first kappa shape index (κ1) is 11.2. The lowest BCUT2D eigenvalue weighted by molar-refractivity contribution is 0.0957. The average Bonchev–Trinajstić information content (AvgIpc) is 2.75. The molecule has 0 radical (unpaired) electrons. The normalized spacial score (nSPS) is 10.2. The molecule has 0 bridgehead atoms. The molecule has 0 unspecified atom stereocenters. The third kappa shape index (κ3) is 1.99. The predicted molar refractivity (Wildman–Crippen MR) is 61.4 cm³/mol. The summed E-state index contributed by atoms with van der Waals surface area (Å²) in [6.45, 7) is 1.75. The Bertz CT molecular complexity index is 561. The molecule has 1 aromatic carbocycles. The Morgan fingerprint density at radius 1 is 1.47 bits per heavy atom. The molecule has 2 rings (SSSR count). The van der Waals surface area contributed by atoms with Crippen molar-refractivity contribution in [2.45, 2.75) is 6.92 Å². The number of aromatic hydroxyl groups is 1. The van der Waals surface area contributed by atoms with Crippen molar-refractivity contribution in [1.29, 1.82) is 0 Å². The van der Waals surface area contributed by atoms with E-state index in [4.69, 9.17) is 4.74 Å². The van der Waals surface area contributed by atoms with E-state index in [1.54, 1.807) is 25.4 Å². The number of carbonyl (C=O) groups is 1. The summed E-state index contributed by atoms with van der Waals surface area (Å²) < 4.78 is 6.39. The van der Waals surface area contributed by atoms with Gasteiger partial charge in [0.2, 0.25) is 0 Å². The van der Waals surface area contributed by atoms with E-state index in [1.165, 1.54) is 23.8 Å². The number of phenols is 1. The highest BCUT2D eigenvalue weighted by atomic mass is 16.5. The van der Waals surface area contributed by atoms with E-state index in [0.29, 0.717) is 11.4 Å². The highest BCUT2D eigenvalue weighted by molar-refractivity contribution is 5.96. The molecule has 0 atom stereocenters. The number of benzene rings is 1. The zero-order chi connectivity index (χ0) is 12.4. The Labute approximate surface area is 98.3 Å². The number of phenolic OH excluding ortho intramolecular Hbond substituents is 1. The van der Waals surface area contributed by atoms with Crippen molar-refractivity contribution in [2.75, 3.05) is 7.11 Å². The number of imidazole rings is 1. The van der Waals surface area contributed by atoms with Crippen molar-refractivity contribution in [3.8, 4) is 11.5 Å². The summed E-state index contributed by atoms with van der Waals surface area (Å²) in [6.07, 6.45) is 3.15. The summed E-state index contributed by atoms with van der Waals surface area (Å²) in [5.74, 6) is 0.681. The van der Waals surface area contributed by atoms with Crippen LogP contribution in [0.2, 0.25) is 0 Å². The molecule has 0 aliphatic heterocycles. The largest absolute Gasteiger partial charge is 0.504 e. The average molecular weight is 232 g/mol. The van der Waals surface area contributed by atoms with Crippen LogP contribution < -0.4 is 4.74 Å². The van der Waals surface area contributed by atoms with Gasteiger partial charge in [0.05, 0.1) is 7.11 Å². The molecule has 17 heavy (non-hydrogen) atoms. The standard InChI is InChI=1S/C12H12N2O3/c1-8-13-5-6-14(8)12(16)9-3-4-10(15)11(7-9)17-2/h3-7,15H,1-2H3. The van der Waals surface area contributed by atoms with Crippen LogP contribution in [-0.2, 0) is 0 Å². The highest BCUT2D eigenvalue weighted by Gasteiger charge is 2.13. The first-order valence-corrected chi connectivity index (χ1v) is 5.05. The number of aromatic nitrogens is 2. The van der Waals surface area contributed by atoms with E-state index in [-0.39, 0.29) is 17.4 Å². The maximum absolute atomic E-state index is 12.1. The van der Waals surface area contributed by atoms with Crippen LogP contribution in [0, 0.1) is 6.92 Å². The van der Waals surface area contributed by atoms with Crippen molar-refractivity contribution in [2.24, 2.45) is 0 Å². The van der Waals surface area contributed by atoms with Crippen LogP contribution in [0.3, 0.4) is 0 Å². The lowest BCUT2D eigenvalue weighted by Crippen LogP contribution is -2.12. The van der Waals surface area contributed by atoms with Gasteiger partial charge in [-0.3, -0.25) is 9.36 Å². The molecule has 0 saturated heterocycles. The fraction of sp³-hybridized carbons (Fsp3) is 0.167. The molecule has 1 aromatic heterocycles. The van der Waals surface area contributed by atoms with Gasteiger partial charge in [-0.15, -0.1) is 0 Å². The molecular weight excluding hydrogens is 220 g/mol. The van der Waals surface area contributed by atoms with Gasteiger partial charge in [0.25, 0.3) is 5.91 Å². The molecule has 1 heterocycles. The lowest BCUT2D eigenvalue weighted by atomic mass is 10.2. The number of methoxy groups -OCH3 is 1. The molecule has 2 aromatic rings. The van der Waals surface area contributed by atoms with E-state index in [2.05, 4.69) is 4.98 Å². The summed E-state index contributed by atoms with van der Waals surface area (Å²) in [4.78, 5) is 16.1. The Morgan fingerprint density at radius 3 is 2.82 bits per heavy atom. The summed E-state index contributed by atoms with van der Waals surface area (Å²) in [7, 11) is 1.44. The van der Waals surface area contributed by atoms with Crippen LogP contribution in [0.1, 0.15) is 16.2 Å². The monoisotopic (exact) mass is 232 g/mol. The summed E-state index contributed by atoms with van der Waals surface area (Å²) in [6, 6.07) is 4.47. The smallest absolute Gasteiger partial charge is 0.263 e. The minimum absolute atomic E-state index is 0.00593. The van der Waals surface area contributed by atoms with Crippen LogP contribution >= 0.6 is 0 Å². The van der Waals surface area contributed by atoms with E-state index >= 15 is 0 Å². The van der Waals surface area contributed by atoms with Crippen molar-refractivity contribution < 1.29 is 14.6 Å². The second-order valence-electron chi connectivity index (χ2n) is 3.54. The minimum atomic E-state index is -0.210. The van der Waals surface area contributed by atoms with Crippen LogP contribution in [0.4, 0.5) is 0 Å². The third-order valence-corrected chi connectivity index (χ3v) is 2.47. The van der Waals surface area contributed by atoms with Crippen molar-refractivity contribution in [3.63, 3.8) is 0 Å². The van der Waals surface area contributed by atoms with E-state index in [9.17, 15) is 9.90 Å². The number of rotatable bonds is 2. The minimum Gasteiger partial charge on any atom is -0.504 e. The first-order valence-electron chi connectivity index (χ1n) is 5.05. The molecule has 88 valence electrons. The number of hydrogen-bond donors (Lipinski definition) is 1. The molecule has 0 aliphatic carbocycles. The van der Waals surface area contributed by atoms with Crippen molar-refractivity contribution >= 4 is 5.91 Å². The maximum atomic E-state index is 12.1. The Morgan fingerprint density at radius 2 is 2.24 bits per heavy atom. The number of aryl methyl sites for hydroxylation is 1. The molecule has 1 N–H and O–H groups in total. The molecule has 0 aliphatic rings. The number of nitrogens with zero attached hydrogens (tertiary/aromatic N) is 2. The quantitative estimate of drug-likeness (QED) is 0.854. The van der Waals surface area contributed by atoms with Crippen LogP contribution in [0.15, 0.2) is 30.6 Å². The summed E-state index contributed by atoms with van der Waals surface area (Å²) >= 11 is 0. The third-order valence-electron chi connectivity index (χ3n) is 2.47. The molecule has 0 spiro atoms. The molecule has 0 saturated carbocycles. The highest BCUT2D eigenvalue weighted by Crippen LogP contribution is 2.26. The van der Waals surface area contributed by atoms with Gasteiger partial charge < -0.3 is 9.84 Å². The Balaban J connectivity index is 2.41. The molecule has 0 fully saturated rings. The van der Waals surface area contributed by atoms with E-state index in [0.717, 1.165) is 0 Å². The van der Waals surface area contributed by atoms with Crippen molar-refractivity contribution in [3.05, 3.63) is 42.0 Å². The fourth-order valence-electron chi connectivity index (χ4n) is 1.54.